The van der Waals surface area contributed by atoms with Crippen LogP contribution in [0.2, 0.25) is 0 Å². The summed E-state index contributed by atoms with van der Waals surface area (Å²) in [5.74, 6) is 0.392. The molecule has 4 nitrogen and oxygen atoms in total. The SMILES string of the molecule is CC(C)(CCc1ccc(F)cc1)NCc1c(CO)ccc(OCc2ccccc2)c1CO. The van der Waals surface area contributed by atoms with Crippen molar-refractivity contribution in [3.8, 4) is 5.75 Å². The molecule has 0 heterocycles. The third kappa shape index (κ3) is 6.63. The molecule has 32 heavy (non-hydrogen) atoms. The van der Waals surface area contributed by atoms with E-state index in [4.69, 9.17) is 4.74 Å². The normalized spacial score (nSPS) is 11.5. The van der Waals surface area contributed by atoms with E-state index in [0.29, 0.717) is 24.5 Å². The Bertz CT molecular complexity index is 988. The van der Waals surface area contributed by atoms with Crippen molar-refractivity contribution in [2.24, 2.45) is 0 Å². The van der Waals surface area contributed by atoms with Crippen molar-refractivity contribution in [1.29, 1.82) is 0 Å². The molecule has 0 unspecified atom stereocenters. The second-order valence-corrected chi connectivity index (χ2v) is 8.63. The lowest BCUT2D eigenvalue weighted by molar-refractivity contribution is 0.252. The number of aryl methyl sites for hydroxylation is 1. The van der Waals surface area contributed by atoms with E-state index in [1.807, 2.05) is 54.6 Å². The van der Waals surface area contributed by atoms with Gasteiger partial charge in [0.05, 0.1) is 13.2 Å². The molecule has 0 amide bonds. The number of rotatable bonds is 11. The summed E-state index contributed by atoms with van der Waals surface area (Å²) in [7, 11) is 0. The Morgan fingerprint density at radius 1 is 0.844 bits per heavy atom. The zero-order valence-corrected chi connectivity index (χ0v) is 18.8. The summed E-state index contributed by atoms with van der Waals surface area (Å²) in [6.45, 7) is 4.84. The van der Waals surface area contributed by atoms with Crippen LogP contribution < -0.4 is 10.1 Å². The molecule has 3 aromatic rings. The van der Waals surface area contributed by atoms with Crippen molar-refractivity contribution in [3.05, 3.63) is 100 Å². The van der Waals surface area contributed by atoms with Crippen LogP contribution in [-0.4, -0.2) is 15.8 Å². The molecule has 0 fully saturated rings. The molecule has 0 atom stereocenters. The summed E-state index contributed by atoms with van der Waals surface area (Å²) in [5, 5.41) is 23.5. The van der Waals surface area contributed by atoms with E-state index in [-0.39, 0.29) is 24.6 Å². The Labute approximate surface area is 189 Å². The summed E-state index contributed by atoms with van der Waals surface area (Å²) < 4.78 is 19.1. The van der Waals surface area contributed by atoms with Gasteiger partial charge in [-0.05, 0) is 67.1 Å². The number of nitrogens with one attached hydrogen (secondary N) is 1. The highest BCUT2D eigenvalue weighted by molar-refractivity contribution is 5.45. The van der Waals surface area contributed by atoms with Crippen LogP contribution in [0, 0.1) is 5.82 Å². The minimum atomic E-state index is -0.228. The molecule has 0 aliphatic rings. The van der Waals surface area contributed by atoms with Crippen LogP contribution in [0.1, 0.15) is 48.1 Å². The number of aliphatic hydroxyl groups is 2. The third-order valence-electron chi connectivity index (χ3n) is 5.75. The smallest absolute Gasteiger partial charge is 0.125 e. The predicted octanol–water partition coefficient (Wildman–Crippen LogP) is 4.89. The van der Waals surface area contributed by atoms with Crippen molar-refractivity contribution in [3.63, 3.8) is 0 Å². The molecule has 0 spiro atoms. The van der Waals surface area contributed by atoms with Gasteiger partial charge in [0.1, 0.15) is 18.2 Å². The number of halogens is 1. The highest BCUT2D eigenvalue weighted by atomic mass is 19.1. The van der Waals surface area contributed by atoms with Crippen molar-refractivity contribution in [2.45, 2.75) is 58.6 Å². The Morgan fingerprint density at radius 3 is 2.22 bits per heavy atom. The fraction of sp³-hybridized carbons (Fsp3) is 0.333. The number of hydrogen-bond donors (Lipinski definition) is 3. The fourth-order valence-electron chi connectivity index (χ4n) is 3.66. The standard InChI is InChI=1S/C27H32FNO3/c1-27(2,15-14-20-8-11-23(28)12-9-20)29-16-24-22(17-30)10-13-26(25(24)18-31)32-19-21-6-4-3-5-7-21/h3-13,29-31H,14-19H2,1-2H3. The molecular weight excluding hydrogens is 405 g/mol. The Hall–Kier alpha value is -2.73. The molecule has 0 aliphatic heterocycles. The van der Waals surface area contributed by atoms with Gasteiger partial charge in [-0.15, -0.1) is 0 Å². The first-order valence-electron chi connectivity index (χ1n) is 10.9. The molecule has 0 saturated heterocycles. The van der Waals surface area contributed by atoms with Crippen molar-refractivity contribution >= 4 is 0 Å². The van der Waals surface area contributed by atoms with E-state index >= 15 is 0 Å². The van der Waals surface area contributed by atoms with Crippen LogP contribution in [0.25, 0.3) is 0 Å². The minimum absolute atomic E-state index is 0.112. The van der Waals surface area contributed by atoms with E-state index in [9.17, 15) is 14.6 Å². The van der Waals surface area contributed by atoms with Crippen LogP contribution in [0.15, 0.2) is 66.7 Å². The van der Waals surface area contributed by atoms with Gasteiger partial charge in [0.25, 0.3) is 0 Å². The van der Waals surface area contributed by atoms with E-state index in [0.717, 1.165) is 35.1 Å². The van der Waals surface area contributed by atoms with Gasteiger partial charge in [-0.2, -0.15) is 0 Å². The second kappa shape index (κ2) is 11.2. The third-order valence-corrected chi connectivity index (χ3v) is 5.75. The summed E-state index contributed by atoms with van der Waals surface area (Å²) in [6.07, 6.45) is 1.67. The van der Waals surface area contributed by atoms with Crippen molar-refractivity contribution in [2.75, 3.05) is 0 Å². The van der Waals surface area contributed by atoms with Gasteiger partial charge < -0.3 is 20.3 Å². The minimum Gasteiger partial charge on any atom is -0.489 e. The van der Waals surface area contributed by atoms with Crippen LogP contribution >= 0.6 is 0 Å². The average Bonchev–Trinajstić information content (AvgIpc) is 2.81. The van der Waals surface area contributed by atoms with Crippen molar-refractivity contribution in [1.82, 2.24) is 5.32 Å². The summed E-state index contributed by atoms with van der Waals surface area (Å²) in [4.78, 5) is 0. The fourth-order valence-corrected chi connectivity index (χ4v) is 3.66. The lowest BCUT2D eigenvalue weighted by Gasteiger charge is -2.28. The monoisotopic (exact) mass is 437 g/mol. The molecule has 0 aliphatic carbocycles. The van der Waals surface area contributed by atoms with Crippen LogP contribution in [0.5, 0.6) is 5.75 Å². The maximum atomic E-state index is 13.1. The maximum Gasteiger partial charge on any atom is 0.125 e. The molecule has 5 heteroatoms. The average molecular weight is 438 g/mol. The molecule has 0 aromatic heterocycles. The largest absolute Gasteiger partial charge is 0.489 e. The van der Waals surface area contributed by atoms with Gasteiger partial charge in [0.15, 0.2) is 0 Å². The Kier molecular flexibility index (Phi) is 8.39. The molecule has 0 saturated carbocycles. The van der Waals surface area contributed by atoms with Crippen molar-refractivity contribution < 1.29 is 19.3 Å². The van der Waals surface area contributed by atoms with Gasteiger partial charge in [0.2, 0.25) is 0 Å². The number of aliphatic hydroxyl groups excluding tert-OH is 2. The molecule has 3 N–H and O–H groups in total. The van der Waals surface area contributed by atoms with Crippen LogP contribution in [0.4, 0.5) is 4.39 Å². The summed E-state index contributed by atoms with van der Waals surface area (Å²) >= 11 is 0. The molecule has 170 valence electrons. The van der Waals surface area contributed by atoms with Gasteiger partial charge >= 0.3 is 0 Å². The number of hydrogen-bond acceptors (Lipinski definition) is 4. The molecule has 0 bridgehead atoms. The Balaban J connectivity index is 1.69. The second-order valence-electron chi connectivity index (χ2n) is 8.63. The number of ether oxygens (including phenoxy) is 1. The van der Waals surface area contributed by atoms with E-state index in [2.05, 4.69) is 19.2 Å². The summed E-state index contributed by atoms with van der Waals surface area (Å²) in [5.41, 5.74) is 4.25. The van der Waals surface area contributed by atoms with E-state index in [1.165, 1.54) is 12.1 Å². The lowest BCUT2D eigenvalue weighted by Crippen LogP contribution is -2.39. The zero-order chi connectivity index (χ0) is 23.0. The van der Waals surface area contributed by atoms with E-state index < -0.39 is 0 Å². The molecule has 3 aromatic carbocycles. The first kappa shape index (κ1) is 23.9. The number of benzene rings is 3. The quantitative estimate of drug-likeness (QED) is 0.400. The molecule has 3 rings (SSSR count). The maximum absolute atomic E-state index is 13.1. The first-order valence-corrected chi connectivity index (χ1v) is 10.9. The highest BCUT2D eigenvalue weighted by Crippen LogP contribution is 2.28. The zero-order valence-electron chi connectivity index (χ0n) is 18.8. The molecule has 0 radical (unpaired) electrons. The molecular formula is C27H32FNO3. The van der Waals surface area contributed by atoms with Gasteiger partial charge in [0, 0.05) is 17.6 Å². The Morgan fingerprint density at radius 2 is 1.56 bits per heavy atom. The topological polar surface area (TPSA) is 61.7 Å². The van der Waals surface area contributed by atoms with Crippen LogP contribution in [-0.2, 0) is 32.8 Å². The van der Waals surface area contributed by atoms with E-state index in [1.54, 1.807) is 0 Å². The van der Waals surface area contributed by atoms with Gasteiger partial charge in [-0.25, -0.2) is 4.39 Å². The van der Waals surface area contributed by atoms with Gasteiger partial charge in [-0.3, -0.25) is 0 Å². The lowest BCUT2D eigenvalue weighted by atomic mass is 9.93. The summed E-state index contributed by atoms with van der Waals surface area (Å²) in [6, 6.07) is 20.1. The predicted molar refractivity (Wildman–Crippen MR) is 125 cm³/mol. The highest BCUT2D eigenvalue weighted by Gasteiger charge is 2.20. The first-order chi connectivity index (χ1) is 15.4. The van der Waals surface area contributed by atoms with Gasteiger partial charge in [-0.1, -0.05) is 48.5 Å². The van der Waals surface area contributed by atoms with Crippen LogP contribution in [0.3, 0.4) is 0 Å².